The van der Waals surface area contributed by atoms with Crippen LogP contribution < -0.4 is 15.8 Å². The Bertz CT molecular complexity index is 1420. The number of anilines is 2. The summed E-state index contributed by atoms with van der Waals surface area (Å²) in [6, 6.07) is 5.61. The topological polar surface area (TPSA) is 133 Å². The molecule has 196 valence electrons. The van der Waals surface area contributed by atoms with E-state index in [0.717, 1.165) is 0 Å². The molecule has 3 heterocycles. The molecule has 4 aromatic rings. The Morgan fingerprint density at radius 1 is 1.24 bits per heavy atom. The third-order valence-corrected chi connectivity index (χ3v) is 5.10. The van der Waals surface area contributed by atoms with Gasteiger partial charge in [0.05, 0.1) is 5.69 Å². The SMILES string of the molecule is CC.CN(C)C(=O)Cn1cc(NC(=O)c2c(N)nn3cccnc23)c(-c2cc(Cl)ccc2OC(F)F)n1. The minimum atomic E-state index is -3.12. The van der Waals surface area contributed by atoms with E-state index in [-0.39, 0.29) is 57.2 Å². The number of hydrogen-bond acceptors (Lipinski definition) is 7. The summed E-state index contributed by atoms with van der Waals surface area (Å²) in [5, 5.41) is 11.3. The number of benzene rings is 1. The summed E-state index contributed by atoms with van der Waals surface area (Å²) in [6.45, 7) is 0.706. The van der Waals surface area contributed by atoms with Crippen molar-refractivity contribution in [1.82, 2.24) is 29.3 Å². The lowest BCUT2D eigenvalue weighted by atomic mass is 10.1. The number of carbonyl (C=O) groups is 2. The van der Waals surface area contributed by atoms with Gasteiger partial charge in [-0.05, 0) is 24.3 Å². The molecule has 0 bridgehead atoms. The zero-order valence-corrected chi connectivity index (χ0v) is 21.2. The molecule has 0 saturated heterocycles. The van der Waals surface area contributed by atoms with Gasteiger partial charge in [-0.3, -0.25) is 14.3 Å². The van der Waals surface area contributed by atoms with Crippen LogP contribution in [0, 0.1) is 0 Å². The van der Waals surface area contributed by atoms with E-state index >= 15 is 0 Å². The van der Waals surface area contributed by atoms with Gasteiger partial charge in [0.15, 0.2) is 11.5 Å². The number of alkyl halides is 2. The van der Waals surface area contributed by atoms with Gasteiger partial charge in [-0.1, -0.05) is 25.4 Å². The van der Waals surface area contributed by atoms with Crippen molar-refractivity contribution in [1.29, 1.82) is 0 Å². The first-order valence-electron chi connectivity index (χ1n) is 11.1. The number of rotatable bonds is 7. The number of likely N-dealkylation sites (N-methyl/N-ethyl adjacent to an activating group) is 1. The van der Waals surface area contributed by atoms with E-state index in [2.05, 4.69) is 25.2 Å². The zero-order valence-electron chi connectivity index (χ0n) is 20.4. The number of nitrogens with one attached hydrogen (secondary N) is 1. The molecule has 3 N–H and O–H groups in total. The van der Waals surface area contributed by atoms with Crippen LogP contribution in [0.3, 0.4) is 0 Å². The fourth-order valence-corrected chi connectivity index (χ4v) is 3.44. The average Bonchev–Trinajstić information content (AvgIpc) is 3.40. The lowest BCUT2D eigenvalue weighted by molar-refractivity contribution is -0.129. The van der Waals surface area contributed by atoms with Crippen molar-refractivity contribution >= 4 is 40.6 Å². The molecule has 1 aromatic carbocycles. The smallest absolute Gasteiger partial charge is 0.387 e. The number of nitrogen functional groups attached to an aromatic ring is 1. The van der Waals surface area contributed by atoms with Gasteiger partial charge in [0.25, 0.3) is 5.91 Å². The number of amides is 2. The molecule has 0 fully saturated rings. The second kappa shape index (κ2) is 11.6. The number of nitrogens with zero attached hydrogens (tertiary/aromatic N) is 6. The van der Waals surface area contributed by atoms with Crippen LogP contribution in [-0.2, 0) is 11.3 Å². The predicted molar refractivity (Wildman–Crippen MR) is 135 cm³/mol. The van der Waals surface area contributed by atoms with Crippen LogP contribution in [0.2, 0.25) is 5.02 Å². The maximum atomic E-state index is 13.2. The Balaban J connectivity index is 0.00000186. The van der Waals surface area contributed by atoms with Gasteiger partial charge in [-0.15, -0.1) is 5.10 Å². The maximum absolute atomic E-state index is 13.2. The summed E-state index contributed by atoms with van der Waals surface area (Å²) in [7, 11) is 3.14. The minimum Gasteiger partial charge on any atom is -0.434 e. The monoisotopic (exact) mass is 534 g/mol. The van der Waals surface area contributed by atoms with E-state index in [1.165, 1.54) is 44.7 Å². The second-order valence-corrected chi connectivity index (χ2v) is 7.93. The fraction of sp³-hybridized carbons (Fsp3) is 0.261. The van der Waals surface area contributed by atoms with Gasteiger partial charge in [0.2, 0.25) is 5.91 Å². The van der Waals surface area contributed by atoms with Crippen molar-refractivity contribution in [3.05, 3.63) is 53.4 Å². The first-order chi connectivity index (χ1) is 17.6. The van der Waals surface area contributed by atoms with Crippen molar-refractivity contribution in [2.24, 2.45) is 0 Å². The summed E-state index contributed by atoms with van der Waals surface area (Å²) in [5.41, 5.74) is 6.37. The summed E-state index contributed by atoms with van der Waals surface area (Å²) in [5.74, 6) is -1.25. The molecule has 0 atom stereocenters. The number of aromatic nitrogens is 5. The Hall–Kier alpha value is -4.26. The summed E-state index contributed by atoms with van der Waals surface area (Å²) < 4.78 is 33.3. The number of hydrogen-bond donors (Lipinski definition) is 2. The molecule has 0 saturated carbocycles. The molecule has 14 heteroatoms. The van der Waals surface area contributed by atoms with Gasteiger partial charge in [-0.25, -0.2) is 9.50 Å². The van der Waals surface area contributed by atoms with Gasteiger partial charge in [0.1, 0.15) is 23.6 Å². The molecular weight excluding hydrogens is 510 g/mol. The maximum Gasteiger partial charge on any atom is 0.387 e. The van der Waals surface area contributed by atoms with E-state index in [1.54, 1.807) is 26.4 Å². The van der Waals surface area contributed by atoms with Gasteiger partial charge in [-0.2, -0.15) is 13.9 Å². The molecule has 0 unspecified atom stereocenters. The highest BCUT2D eigenvalue weighted by molar-refractivity contribution is 6.31. The lowest BCUT2D eigenvalue weighted by Gasteiger charge is -2.11. The molecule has 11 nitrogen and oxygen atoms in total. The van der Waals surface area contributed by atoms with Crippen LogP contribution in [0.15, 0.2) is 42.9 Å². The largest absolute Gasteiger partial charge is 0.434 e. The quantitative estimate of drug-likeness (QED) is 0.368. The lowest BCUT2D eigenvalue weighted by Crippen LogP contribution is -2.26. The molecule has 3 aromatic heterocycles. The third-order valence-electron chi connectivity index (χ3n) is 4.87. The molecule has 0 aliphatic heterocycles. The highest BCUT2D eigenvalue weighted by Gasteiger charge is 2.24. The van der Waals surface area contributed by atoms with Crippen molar-refractivity contribution in [3.63, 3.8) is 0 Å². The van der Waals surface area contributed by atoms with E-state index < -0.39 is 12.5 Å². The third kappa shape index (κ3) is 6.12. The van der Waals surface area contributed by atoms with Crippen LogP contribution in [0.5, 0.6) is 5.75 Å². The van der Waals surface area contributed by atoms with E-state index in [1.807, 2.05) is 13.8 Å². The van der Waals surface area contributed by atoms with Gasteiger partial charge in [0, 0.05) is 43.3 Å². The predicted octanol–water partition coefficient (Wildman–Crippen LogP) is 3.80. The van der Waals surface area contributed by atoms with Crippen molar-refractivity contribution < 1.29 is 23.1 Å². The Labute approximate surface area is 215 Å². The van der Waals surface area contributed by atoms with Gasteiger partial charge < -0.3 is 20.7 Å². The number of ether oxygens (including phenoxy) is 1. The number of nitrogens with two attached hydrogens (primary N) is 1. The van der Waals surface area contributed by atoms with Crippen molar-refractivity contribution in [2.75, 3.05) is 25.1 Å². The van der Waals surface area contributed by atoms with Crippen LogP contribution >= 0.6 is 11.6 Å². The van der Waals surface area contributed by atoms with E-state index in [0.29, 0.717) is 0 Å². The van der Waals surface area contributed by atoms with Crippen LogP contribution in [-0.4, -0.2) is 61.8 Å². The highest BCUT2D eigenvalue weighted by Crippen LogP contribution is 2.37. The highest BCUT2D eigenvalue weighted by atomic mass is 35.5. The van der Waals surface area contributed by atoms with Crippen LogP contribution in [0.1, 0.15) is 24.2 Å². The van der Waals surface area contributed by atoms with E-state index in [9.17, 15) is 18.4 Å². The standard InChI is InChI=1S/C21H19ClF2N8O3.C2H6/c1-30(2)15(33)10-31-9-13(17(28-31)12-8-11(22)4-5-14(12)35-21(23)24)27-20(34)16-18(25)29-32-7-3-6-26-19(16)32;1-2/h3-9,21H,10H2,1-2H3,(H2,25,29)(H,27,34);1-2H3. The molecule has 0 spiro atoms. The molecule has 2 amide bonds. The molecule has 0 radical (unpaired) electrons. The fourth-order valence-electron chi connectivity index (χ4n) is 3.27. The number of carbonyl (C=O) groups excluding carboxylic acids is 2. The second-order valence-electron chi connectivity index (χ2n) is 7.50. The number of halogens is 3. The minimum absolute atomic E-state index is 0.00353. The molecule has 4 rings (SSSR count). The Kier molecular flexibility index (Phi) is 8.60. The summed E-state index contributed by atoms with van der Waals surface area (Å²) in [6.07, 6.45) is 4.44. The zero-order chi connectivity index (χ0) is 27.3. The molecule has 0 aliphatic rings. The van der Waals surface area contributed by atoms with E-state index in [4.69, 9.17) is 17.3 Å². The Morgan fingerprint density at radius 3 is 2.65 bits per heavy atom. The normalized spacial score (nSPS) is 10.7. The Morgan fingerprint density at radius 2 is 1.97 bits per heavy atom. The molecule has 37 heavy (non-hydrogen) atoms. The van der Waals surface area contributed by atoms with Gasteiger partial charge >= 0.3 is 6.61 Å². The summed E-state index contributed by atoms with van der Waals surface area (Å²) >= 11 is 6.10. The first-order valence-corrected chi connectivity index (χ1v) is 11.4. The summed E-state index contributed by atoms with van der Waals surface area (Å²) in [4.78, 5) is 30.9. The number of fused-ring (bicyclic) bond motifs is 1. The van der Waals surface area contributed by atoms with Crippen molar-refractivity contribution in [2.45, 2.75) is 27.0 Å². The molecule has 0 aliphatic carbocycles. The van der Waals surface area contributed by atoms with Crippen molar-refractivity contribution in [3.8, 4) is 17.0 Å². The first kappa shape index (κ1) is 27.3. The van der Waals surface area contributed by atoms with Crippen LogP contribution in [0.4, 0.5) is 20.3 Å². The average molecular weight is 535 g/mol. The molecular formula is C23H25ClF2N8O3. The van der Waals surface area contributed by atoms with Crippen LogP contribution in [0.25, 0.3) is 16.9 Å².